The van der Waals surface area contributed by atoms with Crippen molar-refractivity contribution in [2.24, 2.45) is 5.41 Å². The SMILES string of the molecule is COc1cccc(NC(=O)CN2CCCN(C(=O)C(C)(C)C)CC2)c1. The molecule has 138 valence electrons. The molecular formula is C19H29N3O3. The molecule has 0 unspecified atom stereocenters. The number of carbonyl (C=O) groups is 2. The first-order valence-electron chi connectivity index (χ1n) is 8.75. The van der Waals surface area contributed by atoms with Crippen LogP contribution in [0, 0.1) is 5.41 Å². The van der Waals surface area contributed by atoms with Crippen LogP contribution in [0.15, 0.2) is 24.3 Å². The fraction of sp³-hybridized carbons (Fsp3) is 0.579. The molecule has 0 aliphatic carbocycles. The maximum atomic E-state index is 12.4. The monoisotopic (exact) mass is 347 g/mol. The van der Waals surface area contributed by atoms with Crippen molar-refractivity contribution in [2.45, 2.75) is 27.2 Å². The van der Waals surface area contributed by atoms with Crippen molar-refractivity contribution >= 4 is 17.5 Å². The van der Waals surface area contributed by atoms with Gasteiger partial charge in [0.2, 0.25) is 11.8 Å². The predicted octanol–water partition coefficient (Wildman–Crippen LogP) is 2.21. The van der Waals surface area contributed by atoms with Crippen molar-refractivity contribution in [3.05, 3.63) is 24.3 Å². The van der Waals surface area contributed by atoms with E-state index < -0.39 is 0 Å². The molecule has 25 heavy (non-hydrogen) atoms. The van der Waals surface area contributed by atoms with E-state index in [1.165, 1.54) is 0 Å². The third kappa shape index (κ3) is 5.74. The van der Waals surface area contributed by atoms with Gasteiger partial charge in [0.25, 0.3) is 0 Å². The summed E-state index contributed by atoms with van der Waals surface area (Å²) in [6.45, 7) is 9.12. The summed E-state index contributed by atoms with van der Waals surface area (Å²) in [7, 11) is 1.60. The summed E-state index contributed by atoms with van der Waals surface area (Å²) in [5, 5.41) is 2.90. The molecule has 0 spiro atoms. The fourth-order valence-corrected chi connectivity index (χ4v) is 2.91. The maximum absolute atomic E-state index is 12.4. The third-order valence-corrected chi connectivity index (χ3v) is 4.24. The largest absolute Gasteiger partial charge is 0.497 e. The average molecular weight is 347 g/mol. The Kier molecular flexibility index (Phi) is 6.42. The van der Waals surface area contributed by atoms with Crippen LogP contribution in [0.5, 0.6) is 5.75 Å². The lowest BCUT2D eigenvalue weighted by molar-refractivity contribution is -0.139. The first-order valence-corrected chi connectivity index (χ1v) is 8.75. The molecule has 2 rings (SSSR count). The van der Waals surface area contributed by atoms with Crippen LogP contribution in [0.2, 0.25) is 0 Å². The second-order valence-corrected chi connectivity index (χ2v) is 7.45. The molecule has 0 bridgehead atoms. The van der Waals surface area contributed by atoms with Crippen LogP contribution >= 0.6 is 0 Å². The molecule has 0 saturated carbocycles. The number of hydrogen-bond acceptors (Lipinski definition) is 4. The van der Waals surface area contributed by atoms with Crippen molar-refractivity contribution in [2.75, 3.05) is 45.2 Å². The maximum Gasteiger partial charge on any atom is 0.238 e. The lowest BCUT2D eigenvalue weighted by atomic mass is 9.94. The summed E-state index contributed by atoms with van der Waals surface area (Å²) in [5.74, 6) is 0.836. The van der Waals surface area contributed by atoms with Crippen LogP contribution in [-0.4, -0.2) is 61.4 Å². The summed E-state index contributed by atoms with van der Waals surface area (Å²) in [6, 6.07) is 7.32. The number of rotatable bonds is 4. The number of methoxy groups -OCH3 is 1. The predicted molar refractivity (Wildman–Crippen MR) is 98.7 cm³/mol. The minimum atomic E-state index is -0.362. The molecule has 1 saturated heterocycles. The Morgan fingerprint density at radius 1 is 1.16 bits per heavy atom. The molecule has 2 amide bonds. The van der Waals surface area contributed by atoms with Gasteiger partial charge in [-0.05, 0) is 18.6 Å². The van der Waals surface area contributed by atoms with E-state index in [4.69, 9.17) is 4.74 Å². The molecule has 1 aliphatic rings. The number of nitrogens with one attached hydrogen (secondary N) is 1. The van der Waals surface area contributed by atoms with E-state index in [0.29, 0.717) is 25.4 Å². The first-order chi connectivity index (χ1) is 11.8. The number of amides is 2. The molecule has 0 aromatic heterocycles. The highest BCUT2D eigenvalue weighted by atomic mass is 16.5. The van der Waals surface area contributed by atoms with E-state index in [2.05, 4.69) is 10.2 Å². The summed E-state index contributed by atoms with van der Waals surface area (Å²) in [5.41, 5.74) is 0.363. The van der Waals surface area contributed by atoms with Gasteiger partial charge in [-0.25, -0.2) is 0 Å². The van der Waals surface area contributed by atoms with Gasteiger partial charge in [0, 0.05) is 43.3 Å². The topological polar surface area (TPSA) is 61.9 Å². The highest BCUT2D eigenvalue weighted by molar-refractivity contribution is 5.92. The number of anilines is 1. The Hall–Kier alpha value is -2.08. The summed E-state index contributed by atoms with van der Waals surface area (Å²) < 4.78 is 5.17. The van der Waals surface area contributed by atoms with Gasteiger partial charge in [-0.1, -0.05) is 26.8 Å². The zero-order valence-electron chi connectivity index (χ0n) is 15.7. The molecule has 1 fully saturated rings. The Morgan fingerprint density at radius 3 is 2.60 bits per heavy atom. The number of nitrogens with zero attached hydrogens (tertiary/aromatic N) is 2. The van der Waals surface area contributed by atoms with Crippen molar-refractivity contribution in [3.63, 3.8) is 0 Å². The van der Waals surface area contributed by atoms with Gasteiger partial charge in [-0.15, -0.1) is 0 Å². The zero-order chi connectivity index (χ0) is 18.4. The Labute approximate surface area is 150 Å². The van der Waals surface area contributed by atoms with Crippen molar-refractivity contribution < 1.29 is 14.3 Å². The first kappa shape index (κ1) is 19.2. The van der Waals surface area contributed by atoms with E-state index >= 15 is 0 Å². The van der Waals surface area contributed by atoms with Crippen LogP contribution < -0.4 is 10.1 Å². The van der Waals surface area contributed by atoms with Crippen LogP contribution in [0.1, 0.15) is 27.2 Å². The Balaban J connectivity index is 1.86. The quantitative estimate of drug-likeness (QED) is 0.907. The van der Waals surface area contributed by atoms with E-state index in [0.717, 1.165) is 25.2 Å². The number of benzene rings is 1. The Morgan fingerprint density at radius 2 is 1.92 bits per heavy atom. The minimum Gasteiger partial charge on any atom is -0.497 e. The second kappa shape index (κ2) is 8.34. The highest BCUT2D eigenvalue weighted by Gasteiger charge is 2.28. The summed E-state index contributed by atoms with van der Waals surface area (Å²) >= 11 is 0. The van der Waals surface area contributed by atoms with Crippen LogP contribution in [-0.2, 0) is 9.59 Å². The second-order valence-electron chi connectivity index (χ2n) is 7.45. The Bertz CT molecular complexity index is 610. The van der Waals surface area contributed by atoms with Crippen LogP contribution in [0.4, 0.5) is 5.69 Å². The smallest absolute Gasteiger partial charge is 0.238 e. The van der Waals surface area contributed by atoms with Crippen molar-refractivity contribution in [3.8, 4) is 5.75 Å². The van der Waals surface area contributed by atoms with Gasteiger partial charge >= 0.3 is 0 Å². The zero-order valence-corrected chi connectivity index (χ0v) is 15.7. The number of ether oxygens (including phenoxy) is 1. The van der Waals surface area contributed by atoms with Crippen molar-refractivity contribution in [1.29, 1.82) is 0 Å². The molecule has 1 aromatic carbocycles. The molecule has 1 N–H and O–H groups in total. The summed E-state index contributed by atoms with van der Waals surface area (Å²) in [4.78, 5) is 28.7. The number of hydrogen-bond donors (Lipinski definition) is 1. The number of carbonyl (C=O) groups excluding carboxylic acids is 2. The molecular weight excluding hydrogens is 318 g/mol. The van der Waals surface area contributed by atoms with Crippen LogP contribution in [0.25, 0.3) is 0 Å². The lowest BCUT2D eigenvalue weighted by Gasteiger charge is -2.28. The average Bonchev–Trinajstić information content (AvgIpc) is 2.78. The minimum absolute atomic E-state index is 0.0520. The van der Waals surface area contributed by atoms with E-state index in [9.17, 15) is 9.59 Å². The molecule has 6 heteroatoms. The van der Waals surface area contributed by atoms with Gasteiger partial charge in [0.1, 0.15) is 5.75 Å². The van der Waals surface area contributed by atoms with Gasteiger partial charge < -0.3 is 15.0 Å². The molecule has 6 nitrogen and oxygen atoms in total. The molecule has 1 heterocycles. The highest BCUT2D eigenvalue weighted by Crippen LogP contribution is 2.19. The normalized spacial score (nSPS) is 16.2. The van der Waals surface area contributed by atoms with E-state index in [1.807, 2.05) is 43.9 Å². The van der Waals surface area contributed by atoms with E-state index in [-0.39, 0.29) is 17.2 Å². The van der Waals surface area contributed by atoms with Gasteiger partial charge in [0.15, 0.2) is 0 Å². The summed E-state index contributed by atoms with van der Waals surface area (Å²) in [6.07, 6.45) is 0.883. The fourth-order valence-electron chi connectivity index (χ4n) is 2.91. The van der Waals surface area contributed by atoms with Gasteiger partial charge in [0.05, 0.1) is 13.7 Å². The molecule has 0 radical (unpaired) electrons. The standard InChI is InChI=1S/C19H29N3O3/c1-19(2,3)18(24)22-10-6-9-21(11-12-22)14-17(23)20-15-7-5-8-16(13-15)25-4/h5,7-8,13H,6,9-12,14H2,1-4H3,(H,20,23). The van der Waals surface area contributed by atoms with Crippen LogP contribution in [0.3, 0.4) is 0 Å². The van der Waals surface area contributed by atoms with E-state index in [1.54, 1.807) is 13.2 Å². The van der Waals surface area contributed by atoms with Crippen molar-refractivity contribution in [1.82, 2.24) is 9.80 Å². The van der Waals surface area contributed by atoms with Gasteiger partial charge in [-0.3, -0.25) is 14.5 Å². The van der Waals surface area contributed by atoms with Gasteiger partial charge in [-0.2, -0.15) is 0 Å². The molecule has 1 aliphatic heterocycles. The third-order valence-electron chi connectivity index (χ3n) is 4.24. The molecule has 1 aromatic rings. The lowest BCUT2D eigenvalue weighted by Crippen LogP contribution is -2.42. The molecule has 0 atom stereocenters.